The lowest BCUT2D eigenvalue weighted by Crippen LogP contribution is -2.30. The van der Waals surface area contributed by atoms with Crippen molar-refractivity contribution in [1.82, 2.24) is 10.2 Å². The Bertz CT molecular complexity index is 1320. The van der Waals surface area contributed by atoms with Gasteiger partial charge in [-0.05, 0) is 73.5 Å². The van der Waals surface area contributed by atoms with E-state index in [9.17, 15) is 14.0 Å². The standard InChI is InChI=1S/C27H25FN2O3/c1-4-30(5-2)27(32)20-8-6-7-18(15-20)19-11-14-23-22(16-19)24(26(31)29-3)25(33-23)17-9-12-21(28)13-10-17/h6-16H,4-5H2,1-3H3,(H,29,31). The van der Waals surface area contributed by atoms with Crippen LogP contribution in [0, 0.1) is 5.82 Å². The van der Waals surface area contributed by atoms with E-state index < -0.39 is 0 Å². The van der Waals surface area contributed by atoms with Gasteiger partial charge in [-0.3, -0.25) is 9.59 Å². The van der Waals surface area contributed by atoms with Crippen molar-refractivity contribution in [3.8, 4) is 22.5 Å². The van der Waals surface area contributed by atoms with Gasteiger partial charge >= 0.3 is 0 Å². The van der Waals surface area contributed by atoms with Crippen molar-refractivity contribution in [2.75, 3.05) is 20.1 Å². The Hall–Kier alpha value is -3.93. The molecule has 0 fully saturated rings. The number of amides is 2. The first-order chi connectivity index (χ1) is 16.0. The van der Waals surface area contributed by atoms with E-state index in [-0.39, 0.29) is 17.6 Å². The maximum atomic E-state index is 13.4. The molecule has 168 valence electrons. The second kappa shape index (κ2) is 9.28. The molecule has 5 nitrogen and oxygen atoms in total. The van der Waals surface area contributed by atoms with Crippen LogP contribution in [0.5, 0.6) is 0 Å². The molecule has 1 aromatic heterocycles. The van der Waals surface area contributed by atoms with Gasteiger partial charge in [0.2, 0.25) is 0 Å². The molecule has 1 heterocycles. The number of rotatable bonds is 6. The van der Waals surface area contributed by atoms with Crippen LogP contribution in [0.2, 0.25) is 0 Å². The largest absolute Gasteiger partial charge is 0.455 e. The Morgan fingerprint density at radius 2 is 1.58 bits per heavy atom. The second-order valence-corrected chi connectivity index (χ2v) is 7.66. The summed E-state index contributed by atoms with van der Waals surface area (Å²) in [5.41, 5.74) is 3.88. The fraction of sp³-hybridized carbons (Fsp3) is 0.185. The van der Waals surface area contributed by atoms with Crippen LogP contribution in [0.25, 0.3) is 33.4 Å². The molecule has 0 aliphatic carbocycles. The molecule has 0 saturated carbocycles. The molecule has 2 amide bonds. The van der Waals surface area contributed by atoms with Crippen molar-refractivity contribution in [2.45, 2.75) is 13.8 Å². The van der Waals surface area contributed by atoms with Gasteiger partial charge in [-0.2, -0.15) is 0 Å². The maximum absolute atomic E-state index is 13.4. The number of fused-ring (bicyclic) bond motifs is 1. The summed E-state index contributed by atoms with van der Waals surface area (Å²) in [5, 5.41) is 3.31. The molecule has 0 aliphatic heterocycles. The van der Waals surface area contributed by atoms with Crippen LogP contribution in [0.1, 0.15) is 34.6 Å². The minimum atomic E-state index is -0.363. The number of hydrogen-bond donors (Lipinski definition) is 1. The molecule has 33 heavy (non-hydrogen) atoms. The fourth-order valence-electron chi connectivity index (χ4n) is 3.96. The second-order valence-electron chi connectivity index (χ2n) is 7.66. The van der Waals surface area contributed by atoms with Gasteiger partial charge in [0, 0.05) is 36.7 Å². The van der Waals surface area contributed by atoms with Crippen LogP contribution in [0.4, 0.5) is 4.39 Å². The van der Waals surface area contributed by atoms with E-state index in [0.717, 1.165) is 11.1 Å². The van der Waals surface area contributed by atoms with Gasteiger partial charge in [0.25, 0.3) is 11.8 Å². The van der Waals surface area contributed by atoms with Crippen molar-refractivity contribution in [2.24, 2.45) is 0 Å². The van der Waals surface area contributed by atoms with Gasteiger partial charge in [-0.15, -0.1) is 0 Å². The highest BCUT2D eigenvalue weighted by Crippen LogP contribution is 2.36. The lowest BCUT2D eigenvalue weighted by atomic mass is 9.98. The van der Waals surface area contributed by atoms with Gasteiger partial charge in [0.1, 0.15) is 17.2 Å². The average Bonchev–Trinajstić information content (AvgIpc) is 3.23. The van der Waals surface area contributed by atoms with Crippen LogP contribution in [0.15, 0.2) is 71.1 Å². The molecule has 0 aliphatic rings. The number of carbonyl (C=O) groups excluding carboxylic acids is 2. The van der Waals surface area contributed by atoms with Crippen LogP contribution < -0.4 is 5.32 Å². The van der Waals surface area contributed by atoms with Gasteiger partial charge in [0.15, 0.2) is 0 Å². The number of furan rings is 1. The number of hydrogen-bond acceptors (Lipinski definition) is 3. The Balaban J connectivity index is 1.83. The third-order valence-corrected chi connectivity index (χ3v) is 5.74. The quantitative estimate of drug-likeness (QED) is 0.412. The van der Waals surface area contributed by atoms with Crippen molar-refractivity contribution in [3.05, 3.63) is 83.7 Å². The van der Waals surface area contributed by atoms with Gasteiger partial charge < -0.3 is 14.6 Å². The predicted octanol–water partition coefficient (Wildman–Crippen LogP) is 5.75. The average molecular weight is 445 g/mol. The maximum Gasteiger partial charge on any atom is 0.255 e. The molecule has 4 aromatic rings. The molecule has 0 spiro atoms. The Labute approximate surface area is 191 Å². The smallest absolute Gasteiger partial charge is 0.255 e. The van der Waals surface area contributed by atoms with E-state index in [1.807, 2.05) is 56.3 Å². The number of benzene rings is 3. The fourth-order valence-corrected chi connectivity index (χ4v) is 3.96. The van der Waals surface area contributed by atoms with Crippen molar-refractivity contribution < 1.29 is 18.4 Å². The SMILES string of the molecule is CCN(CC)C(=O)c1cccc(-c2ccc3oc(-c4ccc(F)cc4)c(C(=O)NC)c3c2)c1. The summed E-state index contributed by atoms with van der Waals surface area (Å²) in [5.74, 6) is -0.295. The molecule has 3 aromatic carbocycles. The molecule has 0 radical (unpaired) electrons. The van der Waals surface area contributed by atoms with Crippen LogP contribution in [-0.4, -0.2) is 36.9 Å². The summed E-state index contributed by atoms with van der Waals surface area (Å²) in [6.07, 6.45) is 0. The topological polar surface area (TPSA) is 62.6 Å². The van der Waals surface area contributed by atoms with Gasteiger partial charge in [-0.1, -0.05) is 18.2 Å². The highest BCUT2D eigenvalue weighted by atomic mass is 19.1. The summed E-state index contributed by atoms with van der Waals surface area (Å²) in [6, 6.07) is 18.9. The summed E-state index contributed by atoms with van der Waals surface area (Å²) >= 11 is 0. The minimum absolute atomic E-state index is 0.0177. The van der Waals surface area contributed by atoms with E-state index in [2.05, 4.69) is 5.32 Å². The first-order valence-corrected chi connectivity index (χ1v) is 10.9. The Morgan fingerprint density at radius 1 is 0.909 bits per heavy atom. The first kappa shape index (κ1) is 22.3. The normalized spacial score (nSPS) is 10.9. The molecule has 0 atom stereocenters. The summed E-state index contributed by atoms with van der Waals surface area (Å²) in [4.78, 5) is 27.4. The van der Waals surface area contributed by atoms with E-state index >= 15 is 0 Å². The highest BCUT2D eigenvalue weighted by Gasteiger charge is 2.22. The number of nitrogens with one attached hydrogen (secondary N) is 1. The van der Waals surface area contributed by atoms with Crippen LogP contribution >= 0.6 is 0 Å². The van der Waals surface area contributed by atoms with Crippen molar-refractivity contribution >= 4 is 22.8 Å². The highest BCUT2D eigenvalue weighted by molar-refractivity contribution is 6.11. The summed E-state index contributed by atoms with van der Waals surface area (Å²) in [6.45, 7) is 5.19. The zero-order chi connectivity index (χ0) is 23.5. The molecule has 0 saturated heterocycles. The molecule has 6 heteroatoms. The van der Waals surface area contributed by atoms with Crippen molar-refractivity contribution in [3.63, 3.8) is 0 Å². The Morgan fingerprint density at radius 3 is 2.24 bits per heavy atom. The van der Waals surface area contributed by atoms with E-state index in [1.165, 1.54) is 12.1 Å². The summed E-state index contributed by atoms with van der Waals surface area (Å²) in [7, 11) is 1.56. The van der Waals surface area contributed by atoms with Crippen molar-refractivity contribution in [1.29, 1.82) is 0 Å². The molecule has 0 unspecified atom stereocenters. The number of nitrogens with zero attached hydrogens (tertiary/aromatic N) is 1. The van der Waals surface area contributed by atoms with E-state index in [0.29, 0.717) is 46.5 Å². The van der Waals surface area contributed by atoms with Gasteiger partial charge in [-0.25, -0.2) is 4.39 Å². The van der Waals surface area contributed by atoms with Gasteiger partial charge in [0.05, 0.1) is 5.56 Å². The molecular weight excluding hydrogens is 419 g/mol. The number of halogens is 1. The molecule has 4 rings (SSSR count). The zero-order valence-electron chi connectivity index (χ0n) is 18.8. The monoisotopic (exact) mass is 444 g/mol. The minimum Gasteiger partial charge on any atom is -0.455 e. The summed E-state index contributed by atoms with van der Waals surface area (Å²) < 4.78 is 19.4. The molecular formula is C27H25FN2O3. The lowest BCUT2D eigenvalue weighted by Gasteiger charge is -2.19. The van der Waals surface area contributed by atoms with E-state index in [1.54, 1.807) is 24.1 Å². The lowest BCUT2D eigenvalue weighted by molar-refractivity contribution is 0.0772. The van der Waals surface area contributed by atoms with Crippen LogP contribution in [-0.2, 0) is 0 Å². The Kier molecular flexibility index (Phi) is 6.27. The number of carbonyl (C=O) groups is 2. The first-order valence-electron chi connectivity index (χ1n) is 10.9. The third-order valence-electron chi connectivity index (χ3n) is 5.74. The predicted molar refractivity (Wildman–Crippen MR) is 128 cm³/mol. The van der Waals surface area contributed by atoms with Crippen LogP contribution in [0.3, 0.4) is 0 Å². The molecule has 1 N–H and O–H groups in total. The molecule has 0 bridgehead atoms. The third kappa shape index (κ3) is 4.24. The zero-order valence-corrected chi connectivity index (χ0v) is 18.8. The van der Waals surface area contributed by atoms with E-state index in [4.69, 9.17) is 4.42 Å².